The Bertz CT molecular complexity index is 4540. The van der Waals surface area contributed by atoms with Gasteiger partial charge in [-0.2, -0.15) is 0 Å². The van der Waals surface area contributed by atoms with Gasteiger partial charge >= 0.3 is 0 Å². The molecule has 4 heterocycles. The van der Waals surface area contributed by atoms with E-state index in [0.29, 0.717) is 17.5 Å². The Balaban J connectivity index is 0.942. The molecule has 0 spiro atoms. The number of benzene rings is 11. The van der Waals surface area contributed by atoms with Gasteiger partial charge in [0.1, 0.15) is 0 Å². The highest BCUT2D eigenvalue weighted by atomic mass is 32.1. The summed E-state index contributed by atoms with van der Waals surface area (Å²) in [4.78, 5) is 15.2. The molecule has 0 radical (unpaired) electrons. The first-order valence-electron chi connectivity index (χ1n) is 23.3. The maximum atomic E-state index is 5.13. The summed E-state index contributed by atoms with van der Waals surface area (Å²) in [5, 5.41) is 14.8. The maximum absolute atomic E-state index is 5.13. The normalized spacial score (nSPS) is 12.1. The molecule has 69 heavy (non-hydrogen) atoms. The second-order valence-electron chi connectivity index (χ2n) is 17.9. The summed E-state index contributed by atoms with van der Waals surface area (Å²) in [5.41, 5.74) is 9.82. The number of rotatable bonds is 5. The summed E-state index contributed by atoms with van der Waals surface area (Å²) in [6.45, 7) is 0. The van der Waals surface area contributed by atoms with Crippen molar-refractivity contribution < 1.29 is 0 Å². The lowest BCUT2D eigenvalue weighted by atomic mass is 9.93. The molecule has 11 aromatic carbocycles. The molecule has 0 aliphatic heterocycles. The second kappa shape index (κ2) is 14.8. The maximum Gasteiger partial charge on any atom is 0.164 e. The average molecular weight is 896 g/mol. The fourth-order valence-corrected chi connectivity index (χ4v) is 12.3. The number of fused-ring (bicyclic) bond motifs is 16. The van der Waals surface area contributed by atoms with Gasteiger partial charge in [-0.3, -0.25) is 0 Å². The van der Waals surface area contributed by atoms with E-state index in [2.05, 4.69) is 197 Å². The predicted octanol–water partition coefficient (Wildman–Crippen LogP) is 16.9. The fourth-order valence-electron chi connectivity index (χ4n) is 11.1. The van der Waals surface area contributed by atoms with Crippen molar-refractivity contribution in [1.82, 2.24) is 24.1 Å². The third-order valence-corrected chi connectivity index (χ3v) is 15.3. The van der Waals surface area contributed by atoms with Crippen LogP contribution in [-0.4, -0.2) is 24.1 Å². The molecule has 15 aromatic rings. The minimum absolute atomic E-state index is 0.636. The fraction of sp³-hybridized carbons (Fsp3) is 0. The summed E-state index contributed by atoms with van der Waals surface area (Å²) >= 11 is 1.89. The molecule has 0 bridgehead atoms. The van der Waals surface area contributed by atoms with Crippen LogP contribution in [0, 0.1) is 0 Å². The minimum atomic E-state index is 0.636. The van der Waals surface area contributed by atoms with Gasteiger partial charge in [0.25, 0.3) is 0 Å². The molecule has 0 aliphatic carbocycles. The van der Waals surface area contributed by atoms with E-state index in [9.17, 15) is 0 Å². The van der Waals surface area contributed by atoms with E-state index in [1.54, 1.807) is 0 Å². The molecule has 4 aromatic heterocycles. The van der Waals surface area contributed by atoms with Crippen LogP contribution in [0.5, 0.6) is 0 Å². The van der Waals surface area contributed by atoms with Gasteiger partial charge in [0.2, 0.25) is 0 Å². The number of nitrogens with zero attached hydrogens (tertiary/aromatic N) is 5. The number of hydrogen-bond donors (Lipinski definition) is 0. The Morgan fingerprint density at radius 1 is 0.275 bits per heavy atom. The van der Waals surface area contributed by atoms with Crippen LogP contribution in [0.3, 0.4) is 0 Å². The lowest BCUT2D eigenvalue weighted by Gasteiger charge is -2.15. The van der Waals surface area contributed by atoms with E-state index in [4.69, 9.17) is 15.0 Å². The van der Waals surface area contributed by atoms with Crippen molar-refractivity contribution in [3.63, 3.8) is 0 Å². The summed E-state index contributed by atoms with van der Waals surface area (Å²) in [5.74, 6) is 1.93. The van der Waals surface area contributed by atoms with Gasteiger partial charge in [-0.25, -0.2) is 15.0 Å². The molecule has 5 nitrogen and oxygen atoms in total. The first kappa shape index (κ1) is 38.2. The zero-order valence-corrected chi connectivity index (χ0v) is 37.8. The van der Waals surface area contributed by atoms with Gasteiger partial charge in [-0.05, 0) is 93.0 Å². The first-order chi connectivity index (χ1) is 34.2. The summed E-state index contributed by atoms with van der Waals surface area (Å²) in [6.07, 6.45) is 0. The molecule has 0 amide bonds. The summed E-state index contributed by atoms with van der Waals surface area (Å²) in [7, 11) is 0. The molecule has 0 fully saturated rings. The minimum Gasteiger partial charge on any atom is -0.309 e. The van der Waals surface area contributed by atoms with Crippen LogP contribution in [0.1, 0.15) is 0 Å². The van der Waals surface area contributed by atoms with Crippen LogP contribution >= 0.6 is 11.3 Å². The van der Waals surface area contributed by atoms with Gasteiger partial charge in [-0.15, -0.1) is 11.3 Å². The largest absolute Gasteiger partial charge is 0.309 e. The van der Waals surface area contributed by atoms with E-state index in [1.807, 2.05) is 47.7 Å². The molecular formula is C63H37N5S. The predicted molar refractivity (Wildman–Crippen MR) is 290 cm³/mol. The number of para-hydroxylation sites is 2. The lowest BCUT2D eigenvalue weighted by molar-refractivity contribution is 1.07. The number of hydrogen-bond acceptors (Lipinski definition) is 4. The zero-order chi connectivity index (χ0) is 45.2. The van der Waals surface area contributed by atoms with Crippen LogP contribution in [0.25, 0.3) is 142 Å². The molecule has 320 valence electrons. The molecular weight excluding hydrogens is 859 g/mol. The molecule has 0 N–H and O–H groups in total. The third-order valence-electron chi connectivity index (χ3n) is 14.1. The molecule has 0 unspecified atom stereocenters. The Morgan fingerprint density at radius 2 is 0.725 bits per heavy atom. The zero-order valence-electron chi connectivity index (χ0n) is 37.0. The monoisotopic (exact) mass is 895 g/mol. The second-order valence-corrected chi connectivity index (χ2v) is 19.0. The quantitative estimate of drug-likeness (QED) is 0.162. The summed E-state index contributed by atoms with van der Waals surface area (Å²) in [6, 6.07) is 80.9. The van der Waals surface area contributed by atoms with Crippen molar-refractivity contribution >= 4 is 107 Å². The molecule has 6 heteroatoms. The van der Waals surface area contributed by atoms with E-state index >= 15 is 0 Å². The van der Waals surface area contributed by atoms with E-state index < -0.39 is 0 Å². The van der Waals surface area contributed by atoms with Crippen LogP contribution in [0.4, 0.5) is 0 Å². The smallest absolute Gasteiger partial charge is 0.164 e. The molecule has 15 rings (SSSR count). The molecule has 0 saturated carbocycles. The lowest BCUT2D eigenvalue weighted by Crippen LogP contribution is -2.00. The van der Waals surface area contributed by atoms with E-state index in [-0.39, 0.29) is 0 Å². The standard InChI is InChI=1S/C63H37N5S/c1-3-15-38(16-4-1)61-64-62(39-17-5-2-6-18-39)66-63(65-61)40-27-30-45-43-19-7-8-20-44(43)46-31-28-41(36-52(46)51(45)35-40)67-54-24-12-9-21-47(54)53-37-42(29-33-56(53)67)68-55-25-13-10-23-50(55)59-57(68)34-32-49-48-22-11-14-26-58(48)69-60(49)59/h1-37H. The van der Waals surface area contributed by atoms with Crippen molar-refractivity contribution in [1.29, 1.82) is 0 Å². The van der Waals surface area contributed by atoms with Crippen LogP contribution in [-0.2, 0) is 0 Å². The van der Waals surface area contributed by atoms with Crippen LogP contribution in [0.15, 0.2) is 224 Å². The Morgan fingerprint density at radius 3 is 1.42 bits per heavy atom. The highest BCUT2D eigenvalue weighted by Gasteiger charge is 2.21. The van der Waals surface area contributed by atoms with Gasteiger partial charge in [-0.1, -0.05) is 164 Å². The highest BCUT2D eigenvalue weighted by molar-refractivity contribution is 7.26. The van der Waals surface area contributed by atoms with Crippen molar-refractivity contribution in [2.24, 2.45) is 0 Å². The topological polar surface area (TPSA) is 48.5 Å². The molecule has 0 aliphatic rings. The van der Waals surface area contributed by atoms with Gasteiger partial charge in [0, 0.05) is 69.8 Å². The highest BCUT2D eigenvalue weighted by Crippen LogP contribution is 2.45. The van der Waals surface area contributed by atoms with Crippen molar-refractivity contribution in [3.8, 4) is 45.5 Å². The van der Waals surface area contributed by atoms with E-state index in [1.165, 1.54) is 79.7 Å². The van der Waals surface area contributed by atoms with Crippen LogP contribution in [0.2, 0.25) is 0 Å². The third kappa shape index (κ3) is 5.73. The van der Waals surface area contributed by atoms with Crippen molar-refractivity contribution in [2.45, 2.75) is 0 Å². The Hall–Kier alpha value is -8.97. The van der Waals surface area contributed by atoms with Crippen LogP contribution < -0.4 is 0 Å². The number of aromatic nitrogens is 5. The molecule has 0 saturated heterocycles. The molecule has 0 atom stereocenters. The van der Waals surface area contributed by atoms with Gasteiger partial charge in [0.15, 0.2) is 17.5 Å². The Labute approximate surface area is 399 Å². The Kier molecular flexibility index (Phi) is 8.17. The van der Waals surface area contributed by atoms with Crippen molar-refractivity contribution in [3.05, 3.63) is 224 Å². The first-order valence-corrected chi connectivity index (χ1v) is 24.2. The summed E-state index contributed by atoms with van der Waals surface area (Å²) < 4.78 is 7.56. The van der Waals surface area contributed by atoms with E-state index in [0.717, 1.165) is 44.5 Å². The average Bonchev–Trinajstić information content (AvgIpc) is 4.08. The van der Waals surface area contributed by atoms with Gasteiger partial charge in [0.05, 0.1) is 22.1 Å². The van der Waals surface area contributed by atoms with Crippen molar-refractivity contribution in [2.75, 3.05) is 0 Å². The number of thiophene rings is 1. The van der Waals surface area contributed by atoms with Gasteiger partial charge < -0.3 is 9.13 Å². The SMILES string of the molecule is c1ccc(-c2nc(-c3ccccc3)nc(-c3ccc4c5ccccc5c5ccc(-n6c7ccccc7c7cc(-n8c9ccccc9c9c%10sc%11ccccc%11c%10ccc98)ccc76)cc5c4c3)n2)cc1.